The van der Waals surface area contributed by atoms with Gasteiger partial charge in [-0.15, -0.1) is 0 Å². The monoisotopic (exact) mass is 225 g/mol. The molecular formula is C12H7N3O2. The van der Waals surface area contributed by atoms with Crippen molar-refractivity contribution in [1.29, 1.82) is 5.26 Å². The van der Waals surface area contributed by atoms with Crippen LogP contribution in [0.5, 0.6) is 0 Å². The van der Waals surface area contributed by atoms with Gasteiger partial charge in [-0.05, 0) is 24.3 Å². The minimum absolute atomic E-state index is 0.0439. The highest BCUT2D eigenvalue weighted by molar-refractivity contribution is 5.61. The summed E-state index contributed by atoms with van der Waals surface area (Å²) in [4.78, 5) is 14.1. The van der Waals surface area contributed by atoms with Crippen molar-refractivity contribution < 1.29 is 4.92 Å². The van der Waals surface area contributed by atoms with E-state index >= 15 is 0 Å². The van der Waals surface area contributed by atoms with Crippen LogP contribution in [0.4, 0.5) is 5.69 Å². The van der Waals surface area contributed by atoms with E-state index in [0.29, 0.717) is 11.3 Å². The molecule has 0 bridgehead atoms. The van der Waals surface area contributed by atoms with Gasteiger partial charge in [0.2, 0.25) is 0 Å². The number of hydrogen-bond donors (Lipinski definition) is 0. The Morgan fingerprint density at radius 2 is 1.88 bits per heavy atom. The summed E-state index contributed by atoms with van der Waals surface area (Å²) < 4.78 is 0. The van der Waals surface area contributed by atoms with Crippen LogP contribution in [0, 0.1) is 21.4 Å². The molecule has 1 aromatic carbocycles. The summed E-state index contributed by atoms with van der Waals surface area (Å²) in [6.45, 7) is 0. The molecule has 82 valence electrons. The summed E-state index contributed by atoms with van der Waals surface area (Å²) in [5.74, 6) is 0. The molecule has 0 N–H and O–H groups in total. The second kappa shape index (κ2) is 4.41. The standard InChI is InChI=1S/C12H7N3O2/c13-7-9-1-6-12(14-8-9)10-2-4-11(5-3-10)15(16)17/h1-6,8H. The molecular weight excluding hydrogens is 218 g/mol. The Kier molecular flexibility index (Phi) is 2.79. The normalized spacial score (nSPS) is 9.59. The molecule has 0 unspecified atom stereocenters. The van der Waals surface area contributed by atoms with Gasteiger partial charge in [0, 0.05) is 23.9 Å². The first kappa shape index (κ1) is 10.8. The molecule has 5 nitrogen and oxygen atoms in total. The van der Waals surface area contributed by atoms with Gasteiger partial charge in [0.05, 0.1) is 16.2 Å². The van der Waals surface area contributed by atoms with Crippen molar-refractivity contribution in [3.8, 4) is 17.3 Å². The summed E-state index contributed by atoms with van der Waals surface area (Å²) in [5.41, 5.74) is 1.98. The molecule has 0 aliphatic rings. The van der Waals surface area contributed by atoms with Crippen molar-refractivity contribution in [3.63, 3.8) is 0 Å². The lowest BCUT2D eigenvalue weighted by Gasteiger charge is -1.99. The van der Waals surface area contributed by atoms with E-state index < -0.39 is 4.92 Å². The van der Waals surface area contributed by atoms with E-state index in [4.69, 9.17) is 5.26 Å². The van der Waals surface area contributed by atoms with Crippen LogP contribution >= 0.6 is 0 Å². The number of nitriles is 1. The number of hydrogen-bond acceptors (Lipinski definition) is 4. The Balaban J connectivity index is 2.33. The maximum absolute atomic E-state index is 10.5. The van der Waals surface area contributed by atoms with Crippen LogP contribution in [0.3, 0.4) is 0 Å². The van der Waals surface area contributed by atoms with Crippen molar-refractivity contribution >= 4 is 5.69 Å². The maximum Gasteiger partial charge on any atom is 0.269 e. The number of nitro groups is 1. The highest BCUT2D eigenvalue weighted by Gasteiger charge is 2.05. The molecule has 1 aromatic heterocycles. The highest BCUT2D eigenvalue weighted by atomic mass is 16.6. The van der Waals surface area contributed by atoms with Crippen molar-refractivity contribution in [2.75, 3.05) is 0 Å². The average molecular weight is 225 g/mol. The predicted octanol–water partition coefficient (Wildman–Crippen LogP) is 2.53. The number of benzene rings is 1. The van der Waals surface area contributed by atoms with Crippen LogP contribution in [-0.2, 0) is 0 Å². The van der Waals surface area contributed by atoms with Gasteiger partial charge in [-0.1, -0.05) is 0 Å². The summed E-state index contributed by atoms with van der Waals surface area (Å²) in [6, 6.07) is 11.5. The van der Waals surface area contributed by atoms with Crippen LogP contribution in [0.2, 0.25) is 0 Å². The number of aromatic nitrogens is 1. The first-order valence-electron chi connectivity index (χ1n) is 4.81. The molecule has 0 atom stereocenters. The molecule has 0 fully saturated rings. The van der Waals surface area contributed by atoms with Crippen molar-refractivity contribution in [1.82, 2.24) is 4.98 Å². The van der Waals surface area contributed by atoms with E-state index in [2.05, 4.69) is 4.98 Å². The third-order valence-corrected chi connectivity index (χ3v) is 2.27. The van der Waals surface area contributed by atoms with Crippen LogP contribution in [-0.4, -0.2) is 9.91 Å². The van der Waals surface area contributed by atoms with Crippen LogP contribution in [0.15, 0.2) is 42.6 Å². The van der Waals surface area contributed by atoms with Crippen LogP contribution < -0.4 is 0 Å². The third-order valence-electron chi connectivity index (χ3n) is 2.27. The van der Waals surface area contributed by atoms with E-state index in [0.717, 1.165) is 5.56 Å². The fourth-order valence-electron chi connectivity index (χ4n) is 1.38. The Morgan fingerprint density at radius 1 is 1.18 bits per heavy atom. The van der Waals surface area contributed by atoms with E-state index in [1.165, 1.54) is 18.3 Å². The second-order valence-electron chi connectivity index (χ2n) is 3.35. The number of non-ortho nitro benzene ring substituents is 1. The largest absolute Gasteiger partial charge is 0.269 e. The topological polar surface area (TPSA) is 79.8 Å². The smallest absolute Gasteiger partial charge is 0.258 e. The minimum Gasteiger partial charge on any atom is -0.258 e. The Morgan fingerprint density at radius 3 is 2.35 bits per heavy atom. The predicted molar refractivity (Wildman–Crippen MR) is 61.0 cm³/mol. The first-order chi connectivity index (χ1) is 8.20. The van der Waals surface area contributed by atoms with Crippen molar-refractivity contribution in [2.45, 2.75) is 0 Å². The van der Waals surface area contributed by atoms with Crippen LogP contribution in [0.1, 0.15) is 5.56 Å². The van der Waals surface area contributed by atoms with Gasteiger partial charge in [-0.2, -0.15) is 5.26 Å². The minimum atomic E-state index is -0.448. The lowest BCUT2D eigenvalue weighted by atomic mass is 10.1. The summed E-state index contributed by atoms with van der Waals surface area (Å²) in [6.07, 6.45) is 1.47. The molecule has 1 heterocycles. The zero-order valence-electron chi connectivity index (χ0n) is 8.70. The van der Waals surface area contributed by atoms with Gasteiger partial charge in [0.15, 0.2) is 0 Å². The summed E-state index contributed by atoms with van der Waals surface area (Å²) >= 11 is 0. The van der Waals surface area contributed by atoms with Gasteiger partial charge in [0.1, 0.15) is 6.07 Å². The molecule has 2 aromatic rings. The zero-order chi connectivity index (χ0) is 12.3. The molecule has 0 spiro atoms. The van der Waals surface area contributed by atoms with E-state index in [9.17, 15) is 10.1 Å². The molecule has 0 radical (unpaired) electrons. The van der Waals surface area contributed by atoms with E-state index in [1.54, 1.807) is 24.3 Å². The molecule has 2 rings (SSSR count). The van der Waals surface area contributed by atoms with Crippen molar-refractivity contribution in [3.05, 3.63) is 58.3 Å². The zero-order valence-corrected chi connectivity index (χ0v) is 8.70. The Hall–Kier alpha value is -2.74. The van der Waals surface area contributed by atoms with Gasteiger partial charge >= 0.3 is 0 Å². The number of pyridine rings is 1. The summed E-state index contributed by atoms with van der Waals surface area (Å²) in [5, 5.41) is 19.1. The second-order valence-corrected chi connectivity index (χ2v) is 3.35. The number of rotatable bonds is 2. The lowest BCUT2D eigenvalue weighted by molar-refractivity contribution is -0.384. The molecule has 0 aliphatic heterocycles. The maximum atomic E-state index is 10.5. The van der Waals surface area contributed by atoms with Gasteiger partial charge in [-0.3, -0.25) is 15.1 Å². The molecule has 17 heavy (non-hydrogen) atoms. The SMILES string of the molecule is N#Cc1ccc(-c2ccc([N+](=O)[O-])cc2)nc1. The van der Waals surface area contributed by atoms with E-state index in [1.807, 2.05) is 6.07 Å². The Bertz CT molecular complexity index is 583. The molecule has 5 heteroatoms. The lowest BCUT2D eigenvalue weighted by Crippen LogP contribution is -1.88. The van der Waals surface area contributed by atoms with Crippen molar-refractivity contribution in [2.24, 2.45) is 0 Å². The summed E-state index contributed by atoms with van der Waals surface area (Å²) in [7, 11) is 0. The molecule has 0 saturated heterocycles. The Labute approximate surface area is 97.1 Å². The number of nitrogens with zero attached hydrogens (tertiary/aromatic N) is 3. The van der Waals surface area contributed by atoms with Gasteiger partial charge < -0.3 is 0 Å². The fourth-order valence-corrected chi connectivity index (χ4v) is 1.38. The fraction of sp³-hybridized carbons (Fsp3) is 0. The first-order valence-corrected chi connectivity index (χ1v) is 4.81. The highest BCUT2D eigenvalue weighted by Crippen LogP contribution is 2.20. The van der Waals surface area contributed by atoms with Crippen LogP contribution in [0.25, 0.3) is 11.3 Å². The molecule has 0 amide bonds. The molecule has 0 aliphatic carbocycles. The third kappa shape index (κ3) is 2.26. The molecule has 0 saturated carbocycles. The van der Waals surface area contributed by atoms with Gasteiger partial charge in [-0.25, -0.2) is 0 Å². The average Bonchev–Trinajstić information content (AvgIpc) is 2.39. The van der Waals surface area contributed by atoms with Gasteiger partial charge in [0.25, 0.3) is 5.69 Å². The quantitative estimate of drug-likeness (QED) is 0.581. The van der Waals surface area contributed by atoms with E-state index in [-0.39, 0.29) is 5.69 Å². The number of nitro benzene ring substituents is 1.